The molecule has 5 aromatic carbocycles. The van der Waals surface area contributed by atoms with E-state index in [1.807, 2.05) is 0 Å². The molecule has 32 heavy (non-hydrogen) atoms. The van der Waals surface area contributed by atoms with Crippen LogP contribution in [0.1, 0.15) is 0 Å². The maximum Gasteiger partial charge on any atom is 0.328 e. The Morgan fingerprint density at radius 1 is 0.469 bits per heavy atom. The van der Waals surface area contributed by atoms with Gasteiger partial charge in [0.05, 0.1) is 0 Å². The van der Waals surface area contributed by atoms with E-state index < -0.39 is 0 Å². The Hall–Kier alpha value is -4.04. The normalized spacial score (nSPS) is 12.2. The van der Waals surface area contributed by atoms with Crippen LogP contribution in [-0.4, -0.2) is 6.85 Å². The third kappa shape index (κ3) is 3.12. The van der Waals surface area contributed by atoms with Gasteiger partial charge in [-0.25, -0.2) is 0 Å². The van der Waals surface area contributed by atoms with Crippen LogP contribution in [0.4, 0.5) is 11.4 Å². The molecule has 1 nitrogen and oxygen atoms in total. The van der Waals surface area contributed by atoms with Crippen molar-refractivity contribution in [1.82, 2.24) is 0 Å². The lowest BCUT2D eigenvalue weighted by atomic mass is 9.45. The van der Waals surface area contributed by atoms with Crippen molar-refractivity contribution in [3.05, 3.63) is 133 Å². The number of hydrogen-bond acceptors (Lipinski definition) is 1. The zero-order valence-electron chi connectivity index (χ0n) is 17.7. The number of hydrogen-bond donors (Lipinski definition) is 0. The van der Waals surface area contributed by atoms with Crippen molar-refractivity contribution in [2.75, 3.05) is 4.81 Å². The summed E-state index contributed by atoms with van der Waals surface area (Å²) >= 11 is 0. The summed E-state index contributed by atoms with van der Waals surface area (Å²) in [6.45, 7) is 0.105. The van der Waals surface area contributed by atoms with Crippen molar-refractivity contribution in [2.24, 2.45) is 0 Å². The lowest BCUT2D eigenvalue weighted by Gasteiger charge is -2.39. The van der Waals surface area contributed by atoms with Gasteiger partial charge in [0.2, 0.25) is 0 Å². The minimum atomic E-state index is 0.105. The third-order valence-corrected chi connectivity index (χ3v) is 6.32. The highest BCUT2D eigenvalue weighted by atomic mass is 15.1. The van der Waals surface area contributed by atoms with Gasteiger partial charge < -0.3 is 4.81 Å². The zero-order chi connectivity index (χ0) is 21.3. The first-order chi connectivity index (χ1) is 15.9. The van der Waals surface area contributed by atoms with E-state index in [-0.39, 0.29) is 6.85 Å². The maximum absolute atomic E-state index is 2.48. The summed E-state index contributed by atoms with van der Waals surface area (Å²) in [5, 5.41) is 0. The molecule has 1 heterocycles. The lowest BCUT2D eigenvalue weighted by Crippen LogP contribution is -2.57. The Kier molecular flexibility index (Phi) is 4.62. The van der Waals surface area contributed by atoms with Crippen LogP contribution in [0.25, 0.3) is 22.3 Å². The Morgan fingerprint density at radius 3 is 1.84 bits per heavy atom. The summed E-state index contributed by atoms with van der Waals surface area (Å²) in [7, 11) is 0. The topological polar surface area (TPSA) is 3.24 Å². The van der Waals surface area contributed by atoms with Crippen molar-refractivity contribution in [3.8, 4) is 22.3 Å². The van der Waals surface area contributed by atoms with Crippen LogP contribution >= 0.6 is 0 Å². The summed E-state index contributed by atoms with van der Waals surface area (Å²) in [6.07, 6.45) is 0. The summed E-state index contributed by atoms with van der Waals surface area (Å²) in [5.74, 6) is 0. The molecule has 0 saturated carbocycles. The Morgan fingerprint density at radius 2 is 1.09 bits per heavy atom. The summed E-state index contributed by atoms with van der Waals surface area (Å²) in [6, 6.07) is 47.9. The molecule has 0 atom stereocenters. The van der Waals surface area contributed by atoms with Gasteiger partial charge in [-0.05, 0) is 46.4 Å². The number of benzene rings is 5. The quantitative estimate of drug-likeness (QED) is 0.318. The van der Waals surface area contributed by atoms with Gasteiger partial charge in [0.15, 0.2) is 0 Å². The summed E-state index contributed by atoms with van der Waals surface area (Å²) in [4.78, 5) is 2.48. The largest absolute Gasteiger partial charge is 0.376 e. The molecular formula is C30H22BN. The van der Waals surface area contributed by atoms with Crippen molar-refractivity contribution >= 4 is 29.1 Å². The first-order valence-corrected chi connectivity index (χ1v) is 11.1. The third-order valence-electron chi connectivity index (χ3n) is 6.32. The maximum atomic E-state index is 2.48. The molecule has 0 N–H and O–H groups in total. The molecule has 0 radical (unpaired) electrons. The predicted octanol–water partition coefficient (Wildman–Crippen LogP) is 6.28. The Bertz CT molecular complexity index is 1360. The highest BCUT2D eigenvalue weighted by Crippen LogP contribution is 2.40. The highest BCUT2D eigenvalue weighted by molar-refractivity contribution is 6.90. The van der Waals surface area contributed by atoms with Crippen molar-refractivity contribution in [2.45, 2.75) is 0 Å². The second-order valence-corrected chi connectivity index (χ2v) is 8.20. The van der Waals surface area contributed by atoms with Crippen molar-refractivity contribution in [3.63, 3.8) is 0 Å². The first-order valence-electron chi connectivity index (χ1n) is 11.1. The molecule has 0 spiro atoms. The number of rotatable bonds is 3. The van der Waals surface area contributed by atoms with Crippen molar-refractivity contribution in [1.29, 1.82) is 0 Å². The number of nitrogens with zero attached hydrogens (tertiary/aromatic N) is 1. The van der Waals surface area contributed by atoms with Gasteiger partial charge in [-0.15, -0.1) is 0 Å². The van der Waals surface area contributed by atoms with E-state index in [1.54, 1.807) is 0 Å². The van der Waals surface area contributed by atoms with Crippen LogP contribution in [0.2, 0.25) is 0 Å². The molecule has 0 aliphatic carbocycles. The van der Waals surface area contributed by atoms with Gasteiger partial charge in [-0.2, -0.15) is 0 Å². The smallest absolute Gasteiger partial charge is 0.328 e. The average molecular weight is 407 g/mol. The van der Waals surface area contributed by atoms with Gasteiger partial charge >= 0.3 is 6.85 Å². The van der Waals surface area contributed by atoms with E-state index in [0.717, 1.165) is 0 Å². The fourth-order valence-electron chi connectivity index (χ4n) is 4.87. The molecule has 0 fully saturated rings. The van der Waals surface area contributed by atoms with Crippen LogP contribution in [0.5, 0.6) is 0 Å². The molecule has 0 bridgehead atoms. The summed E-state index contributed by atoms with van der Waals surface area (Å²) < 4.78 is 0. The first kappa shape index (κ1) is 18.7. The molecule has 0 aromatic heterocycles. The van der Waals surface area contributed by atoms with E-state index in [1.165, 1.54) is 44.6 Å². The van der Waals surface area contributed by atoms with Gasteiger partial charge in [0.1, 0.15) is 0 Å². The average Bonchev–Trinajstić information content (AvgIpc) is 2.89. The molecule has 0 saturated heterocycles. The van der Waals surface area contributed by atoms with Crippen LogP contribution in [0, 0.1) is 0 Å². The fourth-order valence-corrected chi connectivity index (χ4v) is 4.87. The summed E-state index contributed by atoms with van der Waals surface area (Å²) in [5.41, 5.74) is 10.1. The SMILES string of the molecule is c1ccc(B2c3ccc(-c4ccccc4)cc3-c3ccccc3N2c2ccccc2)cc1. The monoisotopic (exact) mass is 407 g/mol. The van der Waals surface area contributed by atoms with E-state index in [2.05, 4.69) is 138 Å². The second kappa shape index (κ2) is 7.90. The minimum Gasteiger partial charge on any atom is -0.376 e. The van der Waals surface area contributed by atoms with E-state index in [4.69, 9.17) is 0 Å². The lowest BCUT2D eigenvalue weighted by molar-refractivity contribution is 1.36. The number of anilines is 2. The van der Waals surface area contributed by atoms with E-state index in [9.17, 15) is 0 Å². The molecule has 2 heteroatoms. The predicted molar refractivity (Wildman–Crippen MR) is 137 cm³/mol. The van der Waals surface area contributed by atoms with E-state index in [0.29, 0.717) is 0 Å². The molecular weight excluding hydrogens is 385 g/mol. The standard InChI is InChI=1S/C30H22BN/c1-4-12-23(13-5-1)24-20-21-29-28(22-24)27-18-10-11-19-30(27)32(26-16-8-3-9-17-26)31(29)25-14-6-2-7-15-25/h1-22H. The molecule has 5 aromatic rings. The second-order valence-electron chi connectivity index (χ2n) is 8.20. The van der Waals surface area contributed by atoms with Crippen LogP contribution < -0.4 is 15.7 Å². The molecule has 1 aliphatic rings. The van der Waals surface area contributed by atoms with Crippen molar-refractivity contribution < 1.29 is 0 Å². The zero-order valence-corrected chi connectivity index (χ0v) is 17.7. The fraction of sp³-hybridized carbons (Fsp3) is 0. The van der Waals surface area contributed by atoms with Gasteiger partial charge in [0, 0.05) is 16.9 Å². The van der Waals surface area contributed by atoms with Gasteiger partial charge in [-0.1, -0.05) is 115 Å². The van der Waals surface area contributed by atoms with Gasteiger partial charge in [-0.3, -0.25) is 0 Å². The van der Waals surface area contributed by atoms with Crippen LogP contribution in [-0.2, 0) is 0 Å². The highest BCUT2D eigenvalue weighted by Gasteiger charge is 2.36. The molecule has 150 valence electrons. The molecule has 6 rings (SSSR count). The number of fused-ring (bicyclic) bond motifs is 3. The van der Waals surface area contributed by atoms with Gasteiger partial charge in [0.25, 0.3) is 0 Å². The number of para-hydroxylation sites is 2. The molecule has 0 unspecified atom stereocenters. The molecule has 0 amide bonds. The molecule has 1 aliphatic heterocycles. The van der Waals surface area contributed by atoms with Crippen LogP contribution in [0.3, 0.4) is 0 Å². The van der Waals surface area contributed by atoms with E-state index >= 15 is 0 Å². The minimum absolute atomic E-state index is 0.105. The Labute approximate surface area is 189 Å². The Balaban J connectivity index is 1.63. The van der Waals surface area contributed by atoms with Crippen LogP contribution in [0.15, 0.2) is 133 Å².